The first-order valence-electron chi connectivity index (χ1n) is 6.60. The minimum atomic E-state index is 0.520. The molecule has 102 valence electrons. The van der Waals surface area contributed by atoms with Gasteiger partial charge in [0, 0.05) is 11.4 Å². The molecule has 0 amide bonds. The molecule has 1 aromatic carbocycles. The molecule has 0 spiro atoms. The van der Waals surface area contributed by atoms with Crippen LogP contribution in [-0.2, 0) is 19.6 Å². The number of aromatic nitrogens is 1. The molecule has 3 nitrogen and oxygen atoms in total. The van der Waals surface area contributed by atoms with E-state index in [-0.39, 0.29) is 0 Å². The topological polar surface area (TPSA) is 48.1 Å². The summed E-state index contributed by atoms with van der Waals surface area (Å²) in [4.78, 5) is 5.81. The number of para-hydroxylation sites is 1. The number of benzene rings is 1. The minimum Gasteiger partial charge on any atom is -0.486 e. The van der Waals surface area contributed by atoms with Crippen LogP contribution in [-0.4, -0.2) is 4.98 Å². The fourth-order valence-corrected chi connectivity index (χ4v) is 2.85. The van der Waals surface area contributed by atoms with E-state index in [0.717, 1.165) is 34.9 Å². The van der Waals surface area contributed by atoms with Crippen LogP contribution < -0.4 is 10.5 Å². The maximum Gasteiger partial charge on any atom is 0.140 e. The summed E-state index contributed by atoms with van der Waals surface area (Å²) in [6.07, 6.45) is 2.09. The highest BCUT2D eigenvalue weighted by atomic mass is 32.1. The third-order valence-corrected chi connectivity index (χ3v) is 4.03. The fourth-order valence-electron chi connectivity index (χ4n) is 1.95. The first-order valence-corrected chi connectivity index (χ1v) is 7.42. The number of ether oxygens (including phenoxy) is 1. The van der Waals surface area contributed by atoms with Gasteiger partial charge in [0.2, 0.25) is 0 Å². The van der Waals surface area contributed by atoms with Crippen LogP contribution in [0.4, 0.5) is 0 Å². The van der Waals surface area contributed by atoms with Crippen molar-refractivity contribution < 1.29 is 4.74 Å². The van der Waals surface area contributed by atoms with E-state index in [9.17, 15) is 0 Å². The van der Waals surface area contributed by atoms with Crippen LogP contribution in [0.25, 0.3) is 0 Å². The molecule has 4 heteroatoms. The molecule has 0 atom stereocenters. The molecule has 2 aromatic rings. The van der Waals surface area contributed by atoms with Gasteiger partial charge in [-0.05, 0) is 25.0 Å². The Hall–Kier alpha value is -1.39. The smallest absolute Gasteiger partial charge is 0.140 e. The van der Waals surface area contributed by atoms with Crippen molar-refractivity contribution in [2.45, 2.75) is 39.8 Å². The number of hydrogen-bond acceptors (Lipinski definition) is 4. The summed E-state index contributed by atoms with van der Waals surface area (Å²) in [6, 6.07) is 8.03. The van der Waals surface area contributed by atoms with Gasteiger partial charge >= 0.3 is 0 Å². The van der Waals surface area contributed by atoms with Gasteiger partial charge in [0.15, 0.2) is 0 Å². The zero-order valence-corrected chi connectivity index (χ0v) is 12.3. The molecule has 0 fully saturated rings. The molecule has 1 aromatic heterocycles. The Morgan fingerprint density at radius 3 is 2.79 bits per heavy atom. The highest BCUT2D eigenvalue weighted by molar-refractivity contribution is 7.11. The molecule has 0 saturated carbocycles. The summed E-state index contributed by atoms with van der Waals surface area (Å²) < 4.78 is 5.82. The summed E-state index contributed by atoms with van der Waals surface area (Å²) in [6.45, 7) is 5.29. The Morgan fingerprint density at radius 2 is 2.11 bits per heavy atom. The van der Waals surface area contributed by atoms with Crippen molar-refractivity contribution in [3.63, 3.8) is 0 Å². The van der Waals surface area contributed by atoms with Crippen LogP contribution in [0.2, 0.25) is 0 Å². The molecular formula is C15H20N2OS. The number of aryl methyl sites for hydroxylation is 2. The number of hydrogen-bond donors (Lipinski definition) is 1. The third-order valence-electron chi connectivity index (χ3n) is 2.94. The Kier molecular flexibility index (Phi) is 4.93. The standard InChI is InChI=1S/C15H20N2OS/c1-3-6-12-14(9-16)19-15(17-12)10-18-13-8-5-4-7-11(13)2/h4-5,7-8H,3,6,9-10,16H2,1-2H3. The van der Waals surface area contributed by atoms with Crippen molar-refractivity contribution in [3.8, 4) is 5.75 Å². The summed E-state index contributed by atoms with van der Waals surface area (Å²) in [5.41, 5.74) is 8.04. The summed E-state index contributed by atoms with van der Waals surface area (Å²) in [7, 11) is 0. The van der Waals surface area contributed by atoms with Crippen LogP contribution in [0, 0.1) is 6.92 Å². The van der Waals surface area contributed by atoms with E-state index in [4.69, 9.17) is 10.5 Å². The number of rotatable bonds is 6. The van der Waals surface area contributed by atoms with Crippen molar-refractivity contribution in [3.05, 3.63) is 45.4 Å². The van der Waals surface area contributed by atoms with Crippen LogP contribution in [0.15, 0.2) is 24.3 Å². The quantitative estimate of drug-likeness (QED) is 0.879. The van der Waals surface area contributed by atoms with E-state index in [0.29, 0.717) is 13.2 Å². The predicted molar refractivity (Wildman–Crippen MR) is 79.5 cm³/mol. The van der Waals surface area contributed by atoms with Gasteiger partial charge in [-0.1, -0.05) is 31.5 Å². The number of nitrogens with two attached hydrogens (primary N) is 1. The maximum absolute atomic E-state index is 5.82. The van der Waals surface area contributed by atoms with Crippen molar-refractivity contribution in [1.29, 1.82) is 0 Å². The second-order valence-corrected chi connectivity index (χ2v) is 5.65. The molecule has 0 bridgehead atoms. The molecule has 2 rings (SSSR count). The molecule has 0 unspecified atom stereocenters. The van der Waals surface area contributed by atoms with Crippen molar-refractivity contribution >= 4 is 11.3 Å². The molecule has 0 radical (unpaired) electrons. The molecule has 0 aliphatic carbocycles. The Balaban J connectivity index is 2.05. The van der Waals surface area contributed by atoms with E-state index in [1.165, 1.54) is 4.88 Å². The predicted octanol–water partition coefficient (Wildman–Crippen LogP) is 3.44. The monoisotopic (exact) mass is 276 g/mol. The van der Waals surface area contributed by atoms with Gasteiger partial charge in [0.1, 0.15) is 17.4 Å². The first kappa shape index (κ1) is 14.0. The lowest BCUT2D eigenvalue weighted by molar-refractivity contribution is 0.303. The van der Waals surface area contributed by atoms with Crippen molar-refractivity contribution in [2.24, 2.45) is 5.73 Å². The van der Waals surface area contributed by atoms with E-state index in [2.05, 4.69) is 11.9 Å². The average Bonchev–Trinajstić information content (AvgIpc) is 2.81. The lowest BCUT2D eigenvalue weighted by atomic mass is 10.2. The van der Waals surface area contributed by atoms with Crippen LogP contribution in [0.3, 0.4) is 0 Å². The largest absolute Gasteiger partial charge is 0.486 e. The van der Waals surface area contributed by atoms with E-state index in [1.54, 1.807) is 11.3 Å². The molecule has 2 N–H and O–H groups in total. The fraction of sp³-hybridized carbons (Fsp3) is 0.400. The van der Waals surface area contributed by atoms with E-state index >= 15 is 0 Å². The second-order valence-electron chi connectivity index (χ2n) is 4.49. The van der Waals surface area contributed by atoms with Gasteiger partial charge in [-0.15, -0.1) is 11.3 Å². The molecular weight excluding hydrogens is 256 g/mol. The van der Waals surface area contributed by atoms with Crippen LogP contribution in [0.5, 0.6) is 5.75 Å². The van der Waals surface area contributed by atoms with Gasteiger partial charge in [0.25, 0.3) is 0 Å². The zero-order valence-electron chi connectivity index (χ0n) is 11.5. The van der Waals surface area contributed by atoms with Crippen molar-refractivity contribution in [2.75, 3.05) is 0 Å². The van der Waals surface area contributed by atoms with E-state index in [1.807, 2.05) is 31.2 Å². The number of nitrogens with zero attached hydrogens (tertiary/aromatic N) is 1. The van der Waals surface area contributed by atoms with Crippen LogP contribution in [0.1, 0.15) is 34.5 Å². The Labute approximate surface area is 118 Å². The third kappa shape index (κ3) is 3.55. The molecule has 19 heavy (non-hydrogen) atoms. The molecule has 0 aliphatic rings. The zero-order chi connectivity index (χ0) is 13.7. The van der Waals surface area contributed by atoms with Gasteiger partial charge < -0.3 is 10.5 Å². The second kappa shape index (κ2) is 6.68. The normalized spacial score (nSPS) is 10.7. The Bertz CT molecular complexity index is 537. The SMILES string of the molecule is CCCc1nc(COc2ccccc2C)sc1CN. The Morgan fingerprint density at radius 1 is 1.32 bits per heavy atom. The molecule has 1 heterocycles. The average molecular weight is 276 g/mol. The molecule has 0 aliphatic heterocycles. The van der Waals surface area contributed by atoms with Gasteiger partial charge in [-0.2, -0.15) is 0 Å². The van der Waals surface area contributed by atoms with Crippen LogP contribution >= 0.6 is 11.3 Å². The molecule has 0 saturated heterocycles. The van der Waals surface area contributed by atoms with Gasteiger partial charge in [0.05, 0.1) is 5.69 Å². The highest BCUT2D eigenvalue weighted by Crippen LogP contribution is 2.22. The number of thiazole rings is 1. The van der Waals surface area contributed by atoms with Crippen molar-refractivity contribution in [1.82, 2.24) is 4.98 Å². The maximum atomic E-state index is 5.82. The van der Waals surface area contributed by atoms with Gasteiger partial charge in [-0.25, -0.2) is 4.98 Å². The lowest BCUT2D eigenvalue weighted by Crippen LogP contribution is -1.98. The summed E-state index contributed by atoms with van der Waals surface area (Å²) in [5, 5.41) is 1.01. The lowest BCUT2D eigenvalue weighted by Gasteiger charge is -2.06. The van der Waals surface area contributed by atoms with Gasteiger partial charge in [-0.3, -0.25) is 0 Å². The summed E-state index contributed by atoms with van der Waals surface area (Å²) in [5.74, 6) is 0.920. The minimum absolute atomic E-state index is 0.520. The first-order chi connectivity index (χ1) is 9.24. The van der Waals surface area contributed by atoms with E-state index < -0.39 is 0 Å². The summed E-state index contributed by atoms with van der Waals surface area (Å²) >= 11 is 1.66. The highest BCUT2D eigenvalue weighted by Gasteiger charge is 2.10.